The molecule has 3 rings (SSSR count). The summed E-state index contributed by atoms with van der Waals surface area (Å²) in [4.78, 5) is 2.71. The Balaban J connectivity index is 1.30. The van der Waals surface area contributed by atoms with Gasteiger partial charge in [-0.05, 0) is 75.8 Å². The number of nitrogens with zero attached hydrogens (tertiary/aromatic N) is 1. The van der Waals surface area contributed by atoms with Crippen molar-refractivity contribution < 1.29 is 0 Å². The fourth-order valence-electron chi connectivity index (χ4n) is 4.77. The van der Waals surface area contributed by atoms with Crippen molar-refractivity contribution in [2.24, 2.45) is 11.3 Å². The third kappa shape index (κ3) is 3.76. The monoisotopic (exact) mass is 278 g/mol. The highest BCUT2D eigenvalue weighted by molar-refractivity contribution is 4.89. The molecule has 0 atom stereocenters. The Morgan fingerprint density at radius 1 is 0.950 bits per heavy atom. The molecule has 1 spiro atoms. The zero-order valence-corrected chi connectivity index (χ0v) is 13.5. The molecule has 2 heteroatoms. The van der Waals surface area contributed by atoms with Gasteiger partial charge in [-0.25, -0.2) is 0 Å². The maximum absolute atomic E-state index is 3.81. The molecular weight excluding hydrogens is 244 g/mol. The standard InChI is InChI=1S/C18H34N2/c1-16-4-6-17(7-5-16)19-12-15-20-13-10-18(11-14-20)8-2-3-9-18/h16-17,19H,2-15H2,1H3. The van der Waals surface area contributed by atoms with Crippen molar-refractivity contribution in [3.05, 3.63) is 0 Å². The van der Waals surface area contributed by atoms with E-state index in [1.807, 2.05) is 0 Å². The second-order valence-corrected chi connectivity index (χ2v) is 7.96. The molecule has 2 aliphatic carbocycles. The maximum atomic E-state index is 3.81. The molecule has 1 saturated heterocycles. The molecule has 2 nitrogen and oxygen atoms in total. The van der Waals surface area contributed by atoms with Crippen molar-refractivity contribution in [3.63, 3.8) is 0 Å². The summed E-state index contributed by atoms with van der Waals surface area (Å²) >= 11 is 0. The van der Waals surface area contributed by atoms with Crippen molar-refractivity contribution in [2.75, 3.05) is 26.2 Å². The summed E-state index contributed by atoms with van der Waals surface area (Å²) in [5.41, 5.74) is 0.781. The number of likely N-dealkylation sites (tertiary alicyclic amines) is 1. The third-order valence-corrected chi connectivity index (χ3v) is 6.46. The molecule has 1 heterocycles. The molecule has 0 radical (unpaired) electrons. The lowest BCUT2D eigenvalue weighted by molar-refractivity contribution is 0.108. The van der Waals surface area contributed by atoms with Gasteiger partial charge in [0.2, 0.25) is 0 Å². The Labute approximate surface area is 125 Å². The van der Waals surface area contributed by atoms with Gasteiger partial charge >= 0.3 is 0 Å². The highest BCUT2D eigenvalue weighted by Gasteiger charge is 2.36. The molecule has 0 amide bonds. The van der Waals surface area contributed by atoms with Gasteiger partial charge in [0.15, 0.2) is 0 Å². The maximum Gasteiger partial charge on any atom is 0.0107 e. The molecule has 2 saturated carbocycles. The molecular formula is C18H34N2. The predicted octanol–water partition coefficient (Wildman–Crippen LogP) is 3.81. The summed E-state index contributed by atoms with van der Waals surface area (Å²) in [6.07, 6.45) is 14.7. The second-order valence-electron chi connectivity index (χ2n) is 7.96. The van der Waals surface area contributed by atoms with E-state index in [1.165, 1.54) is 90.4 Å². The second kappa shape index (κ2) is 6.79. The fraction of sp³-hybridized carbons (Fsp3) is 1.00. The molecule has 0 unspecified atom stereocenters. The third-order valence-electron chi connectivity index (χ3n) is 6.46. The van der Waals surface area contributed by atoms with Crippen LogP contribution >= 0.6 is 0 Å². The molecule has 1 aliphatic heterocycles. The van der Waals surface area contributed by atoms with Crippen molar-refractivity contribution in [2.45, 2.75) is 77.2 Å². The summed E-state index contributed by atoms with van der Waals surface area (Å²) < 4.78 is 0. The number of hydrogen-bond acceptors (Lipinski definition) is 2. The number of piperidine rings is 1. The largest absolute Gasteiger partial charge is 0.313 e. The lowest BCUT2D eigenvalue weighted by Gasteiger charge is -2.39. The summed E-state index contributed by atoms with van der Waals surface area (Å²) in [6.45, 7) is 7.63. The van der Waals surface area contributed by atoms with Crippen molar-refractivity contribution in [3.8, 4) is 0 Å². The summed E-state index contributed by atoms with van der Waals surface area (Å²) in [7, 11) is 0. The Morgan fingerprint density at radius 3 is 2.25 bits per heavy atom. The SMILES string of the molecule is CC1CCC(NCCN2CCC3(CCCC3)CC2)CC1. The number of rotatable bonds is 4. The van der Waals surface area contributed by atoms with Gasteiger partial charge in [-0.15, -0.1) is 0 Å². The molecule has 0 aromatic heterocycles. The molecule has 0 bridgehead atoms. The van der Waals surface area contributed by atoms with Gasteiger partial charge in [0.05, 0.1) is 0 Å². The molecule has 0 aromatic rings. The number of nitrogens with one attached hydrogen (secondary N) is 1. The van der Waals surface area contributed by atoms with E-state index in [0.29, 0.717) is 0 Å². The van der Waals surface area contributed by atoms with Gasteiger partial charge in [0, 0.05) is 19.1 Å². The zero-order valence-electron chi connectivity index (χ0n) is 13.5. The van der Waals surface area contributed by atoms with Crippen LogP contribution in [0.25, 0.3) is 0 Å². The molecule has 116 valence electrons. The van der Waals surface area contributed by atoms with E-state index >= 15 is 0 Å². The van der Waals surface area contributed by atoms with Gasteiger partial charge in [0.25, 0.3) is 0 Å². The summed E-state index contributed by atoms with van der Waals surface area (Å²) in [6, 6.07) is 0.817. The summed E-state index contributed by atoms with van der Waals surface area (Å²) in [5, 5.41) is 3.81. The van der Waals surface area contributed by atoms with E-state index < -0.39 is 0 Å². The first kappa shape index (κ1) is 14.8. The van der Waals surface area contributed by atoms with Crippen molar-refractivity contribution in [1.29, 1.82) is 0 Å². The lowest BCUT2D eigenvalue weighted by Crippen LogP contribution is -2.43. The van der Waals surface area contributed by atoms with Gasteiger partial charge in [-0.2, -0.15) is 0 Å². The first-order valence-electron chi connectivity index (χ1n) is 9.22. The first-order chi connectivity index (χ1) is 9.76. The Bertz CT molecular complexity index is 278. The smallest absolute Gasteiger partial charge is 0.0107 e. The Hall–Kier alpha value is -0.0800. The minimum absolute atomic E-state index is 0.781. The zero-order chi connectivity index (χ0) is 13.8. The fourth-order valence-corrected chi connectivity index (χ4v) is 4.77. The van der Waals surface area contributed by atoms with E-state index in [0.717, 1.165) is 17.4 Å². The van der Waals surface area contributed by atoms with Crippen LogP contribution in [0.15, 0.2) is 0 Å². The van der Waals surface area contributed by atoms with Crippen LogP contribution < -0.4 is 5.32 Å². The average molecular weight is 278 g/mol. The number of hydrogen-bond donors (Lipinski definition) is 1. The predicted molar refractivity (Wildman–Crippen MR) is 86.0 cm³/mol. The highest BCUT2D eigenvalue weighted by Crippen LogP contribution is 2.45. The van der Waals surface area contributed by atoms with Gasteiger partial charge < -0.3 is 10.2 Å². The van der Waals surface area contributed by atoms with Gasteiger partial charge in [0.1, 0.15) is 0 Å². The van der Waals surface area contributed by atoms with Crippen LogP contribution in [0.1, 0.15) is 71.1 Å². The van der Waals surface area contributed by atoms with Crippen LogP contribution in [0, 0.1) is 11.3 Å². The molecule has 1 N–H and O–H groups in total. The summed E-state index contributed by atoms with van der Waals surface area (Å²) in [5.74, 6) is 0.970. The van der Waals surface area contributed by atoms with Gasteiger partial charge in [-0.1, -0.05) is 19.8 Å². The highest BCUT2D eigenvalue weighted by atomic mass is 15.1. The molecule has 3 aliphatic rings. The van der Waals surface area contributed by atoms with Crippen LogP contribution in [-0.2, 0) is 0 Å². The van der Waals surface area contributed by atoms with E-state index in [1.54, 1.807) is 0 Å². The van der Waals surface area contributed by atoms with E-state index in [4.69, 9.17) is 0 Å². The van der Waals surface area contributed by atoms with Crippen LogP contribution in [0.3, 0.4) is 0 Å². The van der Waals surface area contributed by atoms with Crippen molar-refractivity contribution in [1.82, 2.24) is 10.2 Å². The van der Waals surface area contributed by atoms with E-state index in [9.17, 15) is 0 Å². The quantitative estimate of drug-likeness (QED) is 0.841. The average Bonchev–Trinajstić information content (AvgIpc) is 2.92. The van der Waals surface area contributed by atoms with Crippen LogP contribution in [0.4, 0.5) is 0 Å². The minimum Gasteiger partial charge on any atom is -0.313 e. The van der Waals surface area contributed by atoms with Crippen molar-refractivity contribution >= 4 is 0 Å². The molecule has 20 heavy (non-hydrogen) atoms. The van der Waals surface area contributed by atoms with Crippen LogP contribution in [0.2, 0.25) is 0 Å². The lowest BCUT2D eigenvalue weighted by atomic mass is 9.77. The Kier molecular flexibility index (Phi) is 5.04. The topological polar surface area (TPSA) is 15.3 Å². The van der Waals surface area contributed by atoms with E-state index in [2.05, 4.69) is 17.1 Å². The van der Waals surface area contributed by atoms with Crippen LogP contribution in [-0.4, -0.2) is 37.1 Å². The molecule has 0 aromatic carbocycles. The minimum atomic E-state index is 0.781. The van der Waals surface area contributed by atoms with Gasteiger partial charge in [-0.3, -0.25) is 0 Å². The molecule has 3 fully saturated rings. The van der Waals surface area contributed by atoms with Crippen LogP contribution in [0.5, 0.6) is 0 Å². The first-order valence-corrected chi connectivity index (χ1v) is 9.22. The normalized spacial score (nSPS) is 34.6. The van der Waals surface area contributed by atoms with E-state index in [-0.39, 0.29) is 0 Å². The Morgan fingerprint density at radius 2 is 1.60 bits per heavy atom.